The topological polar surface area (TPSA) is 47.0 Å². The van der Waals surface area contributed by atoms with E-state index in [1.807, 2.05) is 38.1 Å². The van der Waals surface area contributed by atoms with Gasteiger partial charge in [-0.1, -0.05) is 12.1 Å². The van der Waals surface area contributed by atoms with Crippen molar-refractivity contribution in [1.29, 1.82) is 0 Å². The van der Waals surface area contributed by atoms with Crippen LogP contribution >= 0.6 is 0 Å². The zero-order valence-corrected chi connectivity index (χ0v) is 10.7. The third kappa shape index (κ3) is 3.45. The molecule has 0 bridgehead atoms. The Kier molecular flexibility index (Phi) is 4.12. The lowest BCUT2D eigenvalue weighted by atomic mass is 10.2. The van der Waals surface area contributed by atoms with E-state index in [0.29, 0.717) is 19.1 Å². The van der Waals surface area contributed by atoms with E-state index < -0.39 is 0 Å². The number of nitrogens with one attached hydrogen (secondary N) is 1. The molecule has 1 heterocycles. The highest BCUT2D eigenvalue weighted by Gasteiger charge is 1.98. The SMILES string of the molecule is CCOc1cccc(CNc2ncc(C)cn2)c1. The van der Waals surface area contributed by atoms with Crippen LogP contribution < -0.4 is 10.1 Å². The highest BCUT2D eigenvalue weighted by molar-refractivity contribution is 5.32. The van der Waals surface area contributed by atoms with E-state index in [4.69, 9.17) is 4.74 Å². The minimum absolute atomic E-state index is 0.641. The number of aromatic nitrogens is 2. The summed E-state index contributed by atoms with van der Waals surface area (Å²) in [4.78, 5) is 8.40. The van der Waals surface area contributed by atoms with E-state index >= 15 is 0 Å². The molecule has 2 rings (SSSR count). The van der Waals surface area contributed by atoms with Gasteiger partial charge in [0.25, 0.3) is 0 Å². The average molecular weight is 243 g/mol. The largest absolute Gasteiger partial charge is 0.494 e. The average Bonchev–Trinajstić information content (AvgIpc) is 2.39. The number of hydrogen-bond acceptors (Lipinski definition) is 4. The second-order valence-electron chi connectivity index (χ2n) is 4.02. The lowest BCUT2D eigenvalue weighted by molar-refractivity contribution is 0.340. The maximum atomic E-state index is 5.46. The molecule has 0 aliphatic heterocycles. The van der Waals surface area contributed by atoms with E-state index in [2.05, 4.69) is 15.3 Å². The molecule has 0 saturated carbocycles. The summed E-state index contributed by atoms with van der Waals surface area (Å²) < 4.78 is 5.46. The van der Waals surface area contributed by atoms with Crippen molar-refractivity contribution in [3.05, 3.63) is 47.8 Å². The van der Waals surface area contributed by atoms with Gasteiger partial charge < -0.3 is 10.1 Å². The predicted molar refractivity (Wildman–Crippen MR) is 71.7 cm³/mol. The molecule has 0 aliphatic rings. The molecule has 1 N–H and O–H groups in total. The maximum absolute atomic E-state index is 5.46. The van der Waals surface area contributed by atoms with E-state index in [1.165, 1.54) is 0 Å². The zero-order valence-electron chi connectivity index (χ0n) is 10.7. The molecule has 0 atom stereocenters. The first kappa shape index (κ1) is 12.4. The third-order valence-electron chi connectivity index (χ3n) is 2.44. The van der Waals surface area contributed by atoms with Gasteiger partial charge in [-0.3, -0.25) is 0 Å². The Bertz CT molecular complexity index is 497. The van der Waals surface area contributed by atoms with Crippen molar-refractivity contribution in [1.82, 2.24) is 9.97 Å². The summed E-state index contributed by atoms with van der Waals surface area (Å²) in [6, 6.07) is 8.00. The molecule has 0 amide bonds. The molecule has 0 aliphatic carbocycles. The molecular formula is C14H17N3O. The Morgan fingerprint density at radius 1 is 1.22 bits per heavy atom. The summed E-state index contributed by atoms with van der Waals surface area (Å²) in [7, 11) is 0. The highest BCUT2D eigenvalue weighted by atomic mass is 16.5. The van der Waals surface area contributed by atoms with E-state index in [-0.39, 0.29) is 0 Å². The van der Waals surface area contributed by atoms with Crippen molar-refractivity contribution in [2.24, 2.45) is 0 Å². The number of hydrogen-bond donors (Lipinski definition) is 1. The quantitative estimate of drug-likeness (QED) is 0.877. The molecule has 4 nitrogen and oxygen atoms in total. The monoisotopic (exact) mass is 243 g/mol. The van der Waals surface area contributed by atoms with Crippen LogP contribution in [0.25, 0.3) is 0 Å². The Morgan fingerprint density at radius 3 is 2.72 bits per heavy atom. The van der Waals surface area contributed by atoms with Gasteiger partial charge in [-0.15, -0.1) is 0 Å². The summed E-state index contributed by atoms with van der Waals surface area (Å²) in [6.07, 6.45) is 3.60. The van der Waals surface area contributed by atoms with Crippen LogP contribution in [0.5, 0.6) is 5.75 Å². The van der Waals surface area contributed by atoms with Crippen molar-refractivity contribution in [2.45, 2.75) is 20.4 Å². The standard InChI is InChI=1S/C14H17N3O/c1-3-18-13-6-4-5-12(7-13)10-17-14-15-8-11(2)9-16-14/h4-9H,3,10H2,1-2H3,(H,15,16,17). The van der Waals surface area contributed by atoms with Gasteiger partial charge in [0.2, 0.25) is 5.95 Å². The van der Waals surface area contributed by atoms with Crippen LogP contribution in [0.3, 0.4) is 0 Å². The number of aryl methyl sites for hydroxylation is 1. The molecule has 0 spiro atoms. The summed E-state index contributed by atoms with van der Waals surface area (Å²) in [6.45, 7) is 5.31. The van der Waals surface area contributed by atoms with Crippen molar-refractivity contribution in [3.8, 4) is 5.75 Å². The highest BCUT2D eigenvalue weighted by Crippen LogP contribution is 2.14. The summed E-state index contributed by atoms with van der Waals surface area (Å²) in [5.74, 6) is 1.53. The Morgan fingerprint density at radius 2 is 2.00 bits per heavy atom. The van der Waals surface area contributed by atoms with Gasteiger partial charge in [-0.05, 0) is 37.1 Å². The summed E-state index contributed by atoms with van der Waals surface area (Å²) >= 11 is 0. The first-order chi connectivity index (χ1) is 8.78. The normalized spacial score (nSPS) is 10.1. The van der Waals surface area contributed by atoms with Gasteiger partial charge in [0.1, 0.15) is 5.75 Å². The molecule has 94 valence electrons. The van der Waals surface area contributed by atoms with Crippen molar-refractivity contribution < 1.29 is 4.74 Å². The zero-order chi connectivity index (χ0) is 12.8. The van der Waals surface area contributed by atoms with Crippen molar-refractivity contribution in [2.75, 3.05) is 11.9 Å². The molecule has 1 aromatic heterocycles. The lowest BCUT2D eigenvalue weighted by Gasteiger charge is -2.07. The Balaban J connectivity index is 1.97. The van der Waals surface area contributed by atoms with Crippen LogP contribution in [0.1, 0.15) is 18.1 Å². The fourth-order valence-corrected chi connectivity index (χ4v) is 1.58. The molecular weight excluding hydrogens is 226 g/mol. The van der Waals surface area contributed by atoms with Gasteiger partial charge >= 0.3 is 0 Å². The second-order valence-corrected chi connectivity index (χ2v) is 4.02. The minimum Gasteiger partial charge on any atom is -0.494 e. The number of ether oxygens (including phenoxy) is 1. The molecule has 2 aromatic rings. The Hall–Kier alpha value is -2.10. The maximum Gasteiger partial charge on any atom is 0.222 e. The molecule has 0 radical (unpaired) electrons. The second kappa shape index (κ2) is 6.00. The molecule has 0 unspecified atom stereocenters. The van der Waals surface area contributed by atoms with E-state index in [0.717, 1.165) is 16.9 Å². The van der Waals surface area contributed by atoms with Crippen molar-refractivity contribution in [3.63, 3.8) is 0 Å². The van der Waals surface area contributed by atoms with Crippen LogP contribution in [-0.4, -0.2) is 16.6 Å². The van der Waals surface area contributed by atoms with Gasteiger partial charge in [0.15, 0.2) is 0 Å². The molecule has 1 aromatic carbocycles. The van der Waals surface area contributed by atoms with Crippen LogP contribution in [0, 0.1) is 6.92 Å². The fourth-order valence-electron chi connectivity index (χ4n) is 1.58. The van der Waals surface area contributed by atoms with Crippen LogP contribution in [0.2, 0.25) is 0 Å². The first-order valence-electron chi connectivity index (χ1n) is 6.02. The number of anilines is 1. The first-order valence-corrected chi connectivity index (χ1v) is 6.02. The molecule has 0 fully saturated rings. The smallest absolute Gasteiger partial charge is 0.222 e. The van der Waals surface area contributed by atoms with E-state index in [9.17, 15) is 0 Å². The third-order valence-corrected chi connectivity index (χ3v) is 2.44. The van der Waals surface area contributed by atoms with E-state index in [1.54, 1.807) is 12.4 Å². The van der Waals surface area contributed by atoms with Gasteiger partial charge in [0, 0.05) is 18.9 Å². The predicted octanol–water partition coefficient (Wildman–Crippen LogP) is 2.80. The van der Waals surface area contributed by atoms with Crippen LogP contribution in [0.4, 0.5) is 5.95 Å². The number of rotatable bonds is 5. The fraction of sp³-hybridized carbons (Fsp3) is 0.286. The molecule has 4 heteroatoms. The van der Waals surface area contributed by atoms with Crippen LogP contribution in [-0.2, 0) is 6.54 Å². The van der Waals surface area contributed by atoms with Crippen LogP contribution in [0.15, 0.2) is 36.7 Å². The Labute approximate surface area is 107 Å². The summed E-state index contributed by atoms with van der Waals surface area (Å²) in [5, 5.41) is 3.18. The van der Waals surface area contributed by atoms with Crippen molar-refractivity contribution >= 4 is 5.95 Å². The van der Waals surface area contributed by atoms with Gasteiger partial charge in [-0.2, -0.15) is 0 Å². The van der Waals surface area contributed by atoms with Gasteiger partial charge in [0.05, 0.1) is 6.61 Å². The van der Waals surface area contributed by atoms with Gasteiger partial charge in [-0.25, -0.2) is 9.97 Å². The molecule has 18 heavy (non-hydrogen) atoms. The lowest BCUT2D eigenvalue weighted by Crippen LogP contribution is -2.03. The summed E-state index contributed by atoms with van der Waals surface area (Å²) in [5.41, 5.74) is 2.20. The minimum atomic E-state index is 0.641. The molecule has 0 saturated heterocycles. The number of nitrogens with zero attached hydrogens (tertiary/aromatic N) is 2. The number of benzene rings is 1.